The van der Waals surface area contributed by atoms with Crippen molar-refractivity contribution >= 4 is 11.8 Å². The fourth-order valence-electron chi connectivity index (χ4n) is 3.77. The molecule has 2 aromatic carbocycles. The highest BCUT2D eigenvalue weighted by Gasteiger charge is 2.23. The Hall–Kier alpha value is -2.40. The van der Waals surface area contributed by atoms with Crippen LogP contribution in [0, 0.1) is 0 Å². The van der Waals surface area contributed by atoms with Gasteiger partial charge in [0.25, 0.3) is 0 Å². The Labute approximate surface area is 170 Å². The number of rotatable bonds is 6. The van der Waals surface area contributed by atoms with Gasteiger partial charge in [-0.25, -0.2) is 4.98 Å². The lowest BCUT2D eigenvalue weighted by Crippen LogP contribution is -1.99. The van der Waals surface area contributed by atoms with Gasteiger partial charge in [-0.2, -0.15) is 0 Å². The molecule has 0 aliphatic heterocycles. The van der Waals surface area contributed by atoms with Crippen LogP contribution in [0.3, 0.4) is 0 Å². The van der Waals surface area contributed by atoms with Crippen molar-refractivity contribution in [2.75, 3.05) is 14.2 Å². The van der Waals surface area contributed by atoms with E-state index in [4.69, 9.17) is 14.5 Å². The highest BCUT2D eigenvalue weighted by atomic mass is 32.2. The van der Waals surface area contributed by atoms with Gasteiger partial charge in [-0.1, -0.05) is 24.6 Å². The predicted octanol–water partition coefficient (Wildman–Crippen LogP) is 5.81. The minimum Gasteiger partial charge on any atom is -0.497 e. The van der Waals surface area contributed by atoms with E-state index in [1.54, 1.807) is 14.2 Å². The topological polar surface area (TPSA) is 36.3 Å². The van der Waals surface area contributed by atoms with Crippen LogP contribution in [0.25, 0.3) is 22.5 Å². The maximum absolute atomic E-state index is 5.33. The smallest absolute Gasteiger partial charge is 0.169 e. The van der Waals surface area contributed by atoms with Gasteiger partial charge in [-0.15, -0.1) is 0 Å². The Kier molecular flexibility index (Phi) is 5.62. The molecule has 1 saturated carbocycles. The quantitative estimate of drug-likeness (QED) is 0.529. The molecule has 5 heteroatoms. The molecular formula is C23H26N2O2S. The number of benzene rings is 2. The summed E-state index contributed by atoms with van der Waals surface area (Å²) in [5.74, 6) is 1.71. The maximum Gasteiger partial charge on any atom is 0.169 e. The summed E-state index contributed by atoms with van der Waals surface area (Å²) in [5, 5.41) is 1.76. The molecule has 1 aliphatic carbocycles. The number of methoxy groups -OCH3 is 2. The third kappa shape index (κ3) is 3.76. The molecule has 0 N–H and O–H groups in total. The highest BCUT2D eigenvalue weighted by Crippen LogP contribution is 2.40. The second kappa shape index (κ2) is 8.31. The second-order valence-corrected chi connectivity index (χ2v) is 8.40. The van der Waals surface area contributed by atoms with Crippen LogP contribution < -0.4 is 9.47 Å². The minimum absolute atomic E-state index is 0.675. The van der Waals surface area contributed by atoms with Crippen molar-refractivity contribution in [3.05, 3.63) is 48.5 Å². The van der Waals surface area contributed by atoms with Gasteiger partial charge in [-0.05, 0) is 61.4 Å². The van der Waals surface area contributed by atoms with E-state index in [-0.39, 0.29) is 0 Å². The van der Waals surface area contributed by atoms with Crippen molar-refractivity contribution in [2.24, 2.45) is 7.05 Å². The normalized spacial score (nSPS) is 14.4. The Morgan fingerprint density at radius 2 is 1.39 bits per heavy atom. The van der Waals surface area contributed by atoms with E-state index < -0.39 is 0 Å². The summed E-state index contributed by atoms with van der Waals surface area (Å²) in [6, 6.07) is 16.4. The van der Waals surface area contributed by atoms with Crippen LogP contribution in [0.15, 0.2) is 53.7 Å². The number of aromatic nitrogens is 2. The minimum atomic E-state index is 0.675. The molecule has 0 atom stereocenters. The lowest BCUT2D eigenvalue weighted by molar-refractivity contribution is 0.414. The van der Waals surface area contributed by atoms with Crippen molar-refractivity contribution in [1.29, 1.82) is 0 Å². The van der Waals surface area contributed by atoms with Gasteiger partial charge in [0.05, 0.1) is 25.6 Å². The molecule has 0 saturated heterocycles. The second-order valence-electron chi connectivity index (χ2n) is 7.13. The largest absolute Gasteiger partial charge is 0.497 e. The monoisotopic (exact) mass is 394 g/mol. The Balaban J connectivity index is 1.78. The number of nitrogens with zero attached hydrogens (tertiary/aromatic N) is 2. The van der Waals surface area contributed by atoms with Gasteiger partial charge in [-0.3, -0.25) is 0 Å². The van der Waals surface area contributed by atoms with Gasteiger partial charge < -0.3 is 14.0 Å². The van der Waals surface area contributed by atoms with E-state index in [1.807, 2.05) is 36.0 Å². The number of ether oxygens (including phenoxy) is 2. The number of hydrogen-bond donors (Lipinski definition) is 0. The Morgan fingerprint density at radius 3 is 1.93 bits per heavy atom. The average molecular weight is 395 g/mol. The fraction of sp³-hybridized carbons (Fsp3) is 0.348. The molecule has 0 bridgehead atoms. The van der Waals surface area contributed by atoms with Gasteiger partial charge in [0.15, 0.2) is 5.16 Å². The van der Waals surface area contributed by atoms with Crippen LogP contribution >= 0.6 is 11.8 Å². The first kappa shape index (κ1) is 18.9. The number of imidazole rings is 1. The summed E-state index contributed by atoms with van der Waals surface area (Å²) in [6.07, 6.45) is 5.23. The molecule has 0 amide bonds. The summed E-state index contributed by atoms with van der Waals surface area (Å²) >= 11 is 1.92. The predicted molar refractivity (Wildman–Crippen MR) is 115 cm³/mol. The molecule has 1 fully saturated rings. The zero-order valence-corrected chi connectivity index (χ0v) is 17.5. The molecule has 0 unspecified atom stereocenters. The third-order valence-electron chi connectivity index (χ3n) is 5.36. The average Bonchev–Trinajstić information content (AvgIpc) is 3.37. The van der Waals surface area contributed by atoms with Crippen molar-refractivity contribution in [3.63, 3.8) is 0 Å². The Morgan fingerprint density at radius 1 is 0.857 bits per heavy atom. The van der Waals surface area contributed by atoms with Crippen molar-refractivity contribution in [1.82, 2.24) is 9.55 Å². The molecule has 0 radical (unpaired) electrons. The first-order valence-electron chi connectivity index (χ1n) is 9.72. The lowest BCUT2D eigenvalue weighted by atomic mass is 10.0. The molecule has 4 nitrogen and oxygen atoms in total. The number of thioether (sulfide) groups is 1. The van der Waals surface area contributed by atoms with E-state index in [0.29, 0.717) is 5.25 Å². The SMILES string of the molecule is COc1ccc(-c2nc(SC3CCCC3)n(C)c2-c2ccc(OC)cc2)cc1. The molecular weight excluding hydrogens is 368 g/mol. The molecule has 3 aromatic rings. The zero-order valence-electron chi connectivity index (χ0n) is 16.6. The molecule has 1 aromatic heterocycles. The van der Waals surface area contributed by atoms with Crippen LogP contribution in [0.1, 0.15) is 25.7 Å². The van der Waals surface area contributed by atoms with Gasteiger partial charge in [0.1, 0.15) is 11.5 Å². The van der Waals surface area contributed by atoms with E-state index in [1.165, 1.54) is 25.7 Å². The first-order valence-corrected chi connectivity index (χ1v) is 10.6. The van der Waals surface area contributed by atoms with E-state index in [0.717, 1.165) is 39.2 Å². The molecule has 146 valence electrons. The summed E-state index contributed by atoms with van der Waals surface area (Å²) in [6.45, 7) is 0. The van der Waals surface area contributed by atoms with E-state index in [2.05, 4.69) is 35.9 Å². The summed E-state index contributed by atoms with van der Waals surface area (Å²) in [7, 11) is 5.50. The van der Waals surface area contributed by atoms with Crippen LogP contribution in [0.4, 0.5) is 0 Å². The molecule has 28 heavy (non-hydrogen) atoms. The lowest BCUT2D eigenvalue weighted by Gasteiger charge is -2.11. The van der Waals surface area contributed by atoms with Crippen LogP contribution in [-0.2, 0) is 7.05 Å². The van der Waals surface area contributed by atoms with Gasteiger partial charge in [0.2, 0.25) is 0 Å². The van der Waals surface area contributed by atoms with Crippen molar-refractivity contribution in [2.45, 2.75) is 36.1 Å². The fourth-order valence-corrected chi connectivity index (χ4v) is 5.03. The summed E-state index contributed by atoms with van der Waals surface area (Å²) in [5.41, 5.74) is 4.38. The van der Waals surface area contributed by atoms with Gasteiger partial charge >= 0.3 is 0 Å². The zero-order chi connectivity index (χ0) is 19.5. The van der Waals surface area contributed by atoms with E-state index in [9.17, 15) is 0 Å². The molecule has 0 spiro atoms. The first-order chi connectivity index (χ1) is 13.7. The third-order valence-corrected chi connectivity index (χ3v) is 6.74. The van der Waals surface area contributed by atoms with Crippen LogP contribution in [-0.4, -0.2) is 29.0 Å². The standard InChI is InChI=1S/C23H26N2O2S/c1-25-22(17-10-14-19(27-3)15-11-17)21(16-8-12-18(26-2)13-9-16)24-23(25)28-20-6-4-5-7-20/h8-15,20H,4-7H2,1-3H3. The number of hydrogen-bond acceptors (Lipinski definition) is 4. The summed E-state index contributed by atoms with van der Waals surface area (Å²) in [4.78, 5) is 5.07. The molecule has 1 aliphatic rings. The maximum atomic E-state index is 5.33. The molecule has 1 heterocycles. The highest BCUT2D eigenvalue weighted by molar-refractivity contribution is 7.99. The molecule has 4 rings (SSSR count). The van der Waals surface area contributed by atoms with Crippen molar-refractivity contribution in [3.8, 4) is 34.0 Å². The summed E-state index contributed by atoms with van der Waals surface area (Å²) < 4.78 is 12.9. The van der Waals surface area contributed by atoms with Crippen LogP contribution in [0.5, 0.6) is 11.5 Å². The Bertz CT molecular complexity index is 926. The van der Waals surface area contributed by atoms with Gasteiger partial charge in [0, 0.05) is 23.4 Å². The van der Waals surface area contributed by atoms with Crippen LogP contribution in [0.2, 0.25) is 0 Å². The van der Waals surface area contributed by atoms with Crippen molar-refractivity contribution < 1.29 is 9.47 Å². The van der Waals surface area contributed by atoms with E-state index >= 15 is 0 Å².